The molecule has 0 radical (unpaired) electrons. The van der Waals surface area contributed by atoms with Crippen molar-refractivity contribution in [3.8, 4) is 0 Å². The van der Waals surface area contributed by atoms with E-state index >= 15 is 0 Å². The molecule has 0 aromatic carbocycles. The van der Waals surface area contributed by atoms with Gasteiger partial charge < -0.3 is 4.57 Å². The Balaban J connectivity index is 1.85. The smallest absolute Gasteiger partial charge is 0.141 e. The van der Waals surface area contributed by atoms with E-state index in [-0.39, 0.29) is 0 Å². The Kier molecular flexibility index (Phi) is 2.28. The molecule has 4 rings (SSSR count). The minimum atomic E-state index is 0.537. The lowest BCUT2D eigenvalue weighted by Crippen LogP contribution is -2.17. The number of nitrogens with zero attached hydrogens (tertiary/aromatic N) is 2. The van der Waals surface area contributed by atoms with Crippen LogP contribution in [0.1, 0.15) is 37.5 Å². The van der Waals surface area contributed by atoms with Gasteiger partial charge in [-0.2, -0.15) is 0 Å². The molecule has 2 nitrogen and oxygen atoms in total. The Labute approximate surface area is 110 Å². The lowest BCUT2D eigenvalue weighted by atomic mass is 9.95. The van der Waals surface area contributed by atoms with E-state index in [9.17, 15) is 0 Å². The van der Waals surface area contributed by atoms with E-state index in [0.717, 1.165) is 22.5 Å². The van der Waals surface area contributed by atoms with Crippen LogP contribution in [0.5, 0.6) is 0 Å². The molecule has 90 valence electrons. The van der Waals surface area contributed by atoms with Crippen LogP contribution >= 0.6 is 22.9 Å². The van der Waals surface area contributed by atoms with Crippen LogP contribution in [0.2, 0.25) is 0 Å². The van der Waals surface area contributed by atoms with Crippen LogP contribution < -0.4 is 0 Å². The highest BCUT2D eigenvalue weighted by molar-refractivity contribution is 7.16. The van der Waals surface area contributed by atoms with Crippen LogP contribution in [-0.4, -0.2) is 9.55 Å². The number of fused-ring (bicyclic) bond motifs is 3. The van der Waals surface area contributed by atoms with E-state index in [2.05, 4.69) is 21.0 Å². The summed E-state index contributed by atoms with van der Waals surface area (Å²) in [6, 6.07) is 2.87. The number of aromatic nitrogens is 2. The summed E-state index contributed by atoms with van der Waals surface area (Å²) in [7, 11) is 0. The summed E-state index contributed by atoms with van der Waals surface area (Å²) >= 11 is 7.79. The average Bonchev–Trinajstić information content (AvgIpc) is 3.07. The van der Waals surface area contributed by atoms with Gasteiger partial charge in [-0.05, 0) is 42.5 Å². The number of rotatable bonds is 2. The summed E-state index contributed by atoms with van der Waals surface area (Å²) in [4.78, 5) is 5.82. The first-order chi connectivity index (χ1) is 8.36. The van der Waals surface area contributed by atoms with Gasteiger partial charge in [0, 0.05) is 6.04 Å². The summed E-state index contributed by atoms with van der Waals surface area (Å²) in [5.74, 6) is 3.45. The molecular weight excluding hydrogens is 252 g/mol. The van der Waals surface area contributed by atoms with Crippen LogP contribution in [0.4, 0.5) is 0 Å². The number of thiophene rings is 1. The fourth-order valence-electron chi connectivity index (χ4n) is 3.86. The van der Waals surface area contributed by atoms with Gasteiger partial charge in [0.05, 0.1) is 11.4 Å². The first-order valence-corrected chi connectivity index (χ1v) is 7.78. The number of halogens is 1. The highest BCUT2D eigenvalue weighted by Crippen LogP contribution is 2.52. The highest BCUT2D eigenvalue weighted by Gasteiger charge is 2.41. The fourth-order valence-corrected chi connectivity index (χ4v) is 4.82. The topological polar surface area (TPSA) is 17.8 Å². The zero-order chi connectivity index (χ0) is 11.4. The molecular formula is C13H15ClN2S. The molecule has 3 atom stereocenters. The predicted octanol–water partition coefficient (Wildman–Crippen LogP) is 4.20. The lowest BCUT2D eigenvalue weighted by Gasteiger charge is -2.25. The number of hydrogen-bond donors (Lipinski definition) is 0. The molecule has 2 bridgehead atoms. The maximum absolute atomic E-state index is 6.06. The van der Waals surface area contributed by atoms with Gasteiger partial charge in [-0.1, -0.05) is 6.42 Å². The van der Waals surface area contributed by atoms with E-state index in [1.54, 1.807) is 11.3 Å². The fraction of sp³-hybridized carbons (Fsp3) is 0.615. The molecule has 2 aromatic heterocycles. The zero-order valence-electron chi connectivity index (χ0n) is 9.60. The average molecular weight is 267 g/mol. The van der Waals surface area contributed by atoms with Crippen molar-refractivity contribution in [3.05, 3.63) is 17.3 Å². The first kappa shape index (κ1) is 10.4. The number of alkyl halides is 1. The standard InChI is InChI=1S/C13H15ClN2S/c14-7-12-15-13-10(3-4-17-13)16(12)11-6-8-1-2-9(11)5-8/h3-4,8-9,11H,1-2,5-7H2/t8?,9?,11-/m0/s1. The minimum Gasteiger partial charge on any atom is -0.323 e. The van der Waals surface area contributed by atoms with Crippen molar-refractivity contribution in [2.75, 3.05) is 0 Å². The molecule has 2 aromatic rings. The molecule has 2 saturated carbocycles. The third-order valence-electron chi connectivity index (χ3n) is 4.54. The van der Waals surface area contributed by atoms with E-state index in [1.807, 2.05) is 0 Å². The molecule has 2 heterocycles. The molecule has 0 saturated heterocycles. The van der Waals surface area contributed by atoms with E-state index in [1.165, 1.54) is 31.2 Å². The van der Waals surface area contributed by atoms with Gasteiger partial charge >= 0.3 is 0 Å². The van der Waals surface area contributed by atoms with Gasteiger partial charge in [0.25, 0.3) is 0 Å². The zero-order valence-corrected chi connectivity index (χ0v) is 11.2. The SMILES string of the molecule is ClCc1nc2sccc2n1[C@H]1CC2CCC1C2. The Morgan fingerprint density at radius 3 is 3.06 bits per heavy atom. The normalized spacial score (nSPS) is 31.7. The van der Waals surface area contributed by atoms with Gasteiger partial charge in [0.1, 0.15) is 10.7 Å². The third kappa shape index (κ3) is 1.42. The van der Waals surface area contributed by atoms with Crippen molar-refractivity contribution in [2.24, 2.45) is 11.8 Å². The second kappa shape index (κ2) is 3.72. The summed E-state index contributed by atoms with van der Waals surface area (Å²) in [6.45, 7) is 0. The molecule has 2 aliphatic rings. The Hall–Kier alpha value is -0.540. The monoisotopic (exact) mass is 266 g/mol. The lowest BCUT2D eigenvalue weighted by molar-refractivity contribution is 0.331. The molecule has 2 aliphatic carbocycles. The maximum Gasteiger partial charge on any atom is 0.141 e. The molecule has 4 heteroatoms. The summed E-state index contributed by atoms with van der Waals surface area (Å²) in [5, 5.41) is 2.14. The number of hydrogen-bond acceptors (Lipinski definition) is 2. The second-order valence-electron chi connectivity index (χ2n) is 5.38. The predicted molar refractivity (Wildman–Crippen MR) is 71.7 cm³/mol. The maximum atomic E-state index is 6.06. The van der Waals surface area contributed by atoms with E-state index < -0.39 is 0 Å². The number of imidazole rings is 1. The van der Waals surface area contributed by atoms with Crippen LogP contribution in [0.25, 0.3) is 10.3 Å². The van der Waals surface area contributed by atoms with Gasteiger partial charge in [-0.15, -0.1) is 22.9 Å². The molecule has 2 unspecified atom stereocenters. The van der Waals surface area contributed by atoms with Crippen molar-refractivity contribution >= 4 is 33.3 Å². The van der Waals surface area contributed by atoms with Crippen LogP contribution in [0, 0.1) is 11.8 Å². The van der Waals surface area contributed by atoms with Gasteiger partial charge in [-0.25, -0.2) is 4.98 Å². The van der Waals surface area contributed by atoms with Gasteiger partial charge in [0.15, 0.2) is 0 Å². The summed E-state index contributed by atoms with van der Waals surface area (Å²) in [5.41, 5.74) is 1.31. The molecule has 2 fully saturated rings. The van der Waals surface area contributed by atoms with Gasteiger partial charge in [-0.3, -0.25) is 0 Å². The van der Waals surface area contributed by atoms with Crippen molar-refractivity contribution < 1.29 is 0 Å². The van der Waals surface area contributed by atoms with Crippen molar-refractivity contribution in [1.82, 2.24) is 9.55 Å². The Morgan fingerprint density at radius 1 is 1.41 bits per heavy atom. The van der Waals surface area contributed by atoms with Crippen LogP contribution in [0.15, 0.2) is 11.4 Å². The summed E-state index contributed by atoms with van der Waals surface area (Å²) < 4.78 is 2.45. The quantitative estimate of drug-likeness (QED) is 0.745. The van der Waals surface area contributed by atoms with Gasteiger partial charge in [0.2, 0.25) is 0 Å². The van der Waals surface area contributed by atoms with Crippen molar-refractivity contribution in [2.45, 2.75) is 37.6 Å². The molecule has 0 aliphatic heterocycles. The third-order valence-corrected chi connectivity index (χ3v) is 5.58. The Bertz CT molecular complexity index is 559. The molecule has 0 spiro atoms. The van der Waals surface area contributed by atoms with E-state index in [4.69, 9.17) is 11.6 Å². The molecule has 0 amide bonds. The first-order valence-electron chi connectivity index (χ1n) is 6.37. The summed E-state index contributed by atoms with van der Waals surface area (Å²) in [6.07, 6.45) is 5.62. The largest absolute Gasteiger partial charge is 0.323 e. The highest BCUT2D eigenvalue weighted by atomic mass is 35.5. The Morgan fingerprint density at radius 2 is 2.35 bits per heavy atom. The van der Waals surface area contributed by atoms with Crippen LogP contribution in [0.3, 0.4) is 0 Å². The molecule has 0 N–H and O–H groups in total. The van der Waals surface area contributed by atoms with Crippen LogP contribution in [-0.2, 0) is 5.88 Å². The molecule has 17 heavy (non-hydrogen) atoms. The second-order valence-corrected chi connectivity index (χ2v) is 6.55. The van der Waals surface area contributed by atoms with Crippen molar-refractivity contribution in [1.29, 1.82) is 0 Å². The van der Waals surface area contributed by atoms with Crippen molar-refractivity contribution in [3.63, 3.8) is 0 Å². The van der Waals surface area contributed by atoms with E-state index in [0.29, 0.717) is 11.9 Å². The minimum absolute atomic E-state index is 0.537.